The van der Waals surface area contributed by atoms with Crippen LogP contribution in [0.3, 0.4) is 0 Å². The number of thiocarbonyl (C=S) groups is 1. The highest BCUT2D eigenvalue weighted by atomic mass is 32.1. The number of rotatable bonds is 7. The van der Waals surface area contributed by atoms with Crippen molar-refractivity contribution in [1.29, 1.82) is 0 Å². The van der Waals surface area contributed by atoms with Gasteiger partial charge in [-0.05, 0) is 74.1 Å². The molecule has 0 atom stereocenters. The summed E-state index contributed by atoms with van der Waals surface area (Å²) in [4.78, 5) is 32.3. The molecule has 7 heteroatoms. The Balaban J connectivity index is 1.82. The zero-order chi connectivity index (χ0) is 24.9. The molecular weight excluding hydrogens is 458 g/mol. The average molecular weight is 486 g/mol. The third-order valence-electron chi connectivity index (χ3n) is 5.92. The van der Waals surface area contributed by atoms with Gasteiger partial charge in [0.25, 0.3) is 11.8 Å². The van der Waals surface area contributed by atoms with Crippen LogP contribution in [-0.2, 0) is 9.59 Å². The maximum atomic E-state index is 13.7. The van der Waals surface area contributed by atoms with Crippen LogP contribution in [0, 0.1) is 0 Å². The van der Waals surface area contributed by atoms with E-state index in [0.29, 0.717) is 17.1 Å². The number of methoxy groups -OCH3 is 1. The van der Waals surface area contributed by atoms with Crippen molar-refractivity contribution >= 4 is 52.3 Å². The molecule has 1 aliphatic heterocycles. The van der Waals surface area contributed by atoms with Crippen molar-refractivity contribution in [2.45, 2.75) is 13.8 Å². The fourth-order valence-electron chi connectivity index (χ4n) is 4.10. The molecule has 1 fully saturated rings. The molecule has 3 aromatic rings. The Labute approximate surface area is 211 Å². The molecule has 0 unspecified atom stereocenters. The van der Waals surface area contributed by atoms with Crippen molar-refractivity contribution in [3.05, 3.63) is 90.0 Å². The largest absolute Gasteiger partial charge is 0.495 e. The third kappa shape index (κ3) is 4.68. The van der Waals surface area contributed by atoms with Crippen molar-refractivity contribution in [3.63, 3.8) is 0 Å². The van der Waals surface area contributed by atoms with Gasteiger partial charge in [0.15, 0.2) is 5.11 Å². The molecule has 6 nitrogen and oxygen atoms in total. The second kappa shape index (κ2) is 10.5. The molecule has 1 heterocycles. The van der Waals surface area contributed by atoms with Gasteiger partial charge in [-0.3, -0.25) is 14.5 Å². The van der Waals surface area contributed by atoms with E-state index < -0.39 is 11.8 Å². The Kier molecular flexibility index (Phi) is 7.27. The number of benzene rings is 3. The summed E-state index contributed by atoms with van der Waals surface area (Å²) in [6, 6.07) is 24.0. The first-order valence-corrected chi connectivity index (χ1v) is 11.9. The molecule has 2 amide bonds. The normalized spacial score (nSPS) is 15.1. The van der Waals surface area contributed by atoms with E-state index in [0.717, 1.165) is 24.3 Å². The molecule has 4 rings (SSSR count). The van der Waals surface area contributed by atoms with E-state index in [9.17, 15) is 9.59 Å². The van der Waals surface area contributed by atoms with Gasteiger partial charge in [0.05, 0.1) is 18.5 Å². The highest BCUT2D eigenvalue weighted by Crippen LogP contribution is 2.34. The van der Waals surface area contributed by atoms with Gasteiger partial charge in [0.1, 0.15) is 11.3 Å². The van der Waals surface area contributed by atoms with Crippen LogP contribution < -0.4 is 19.4 Å². The lowest BCUT2D eigenvalue weighted by Gasteiger charge is -2.37. The van der Waals surface area contributed by atoms with Crippen molar-refractivity contribution in [1.82, 2.24) is 0 Å². The Hall–Kier alpha value is -3.97. The molecule has 0 aliphatic carbocycles. The Morgan fingerprint density at radius 1 is 0.829 bits per heavy atom. The van der Waals surface area contributed by atoms with Gasteiger partial charge in [0, 0.05) is 18.8 Å². The lowest BCUT2D eigenvalue weighted by atomic mass is 10.0. The molecule has 1 aliphatic rings. The van der Waals surface area contributed by atoms with Crippen molar-refractivity contribution in [2.24, 2.45) is 0 Å². The monoisotopic (exact) mass is 485 g/mol. The fraction of sp³-hybridized carbons (Fsp3) is 0.179. The first-order valence-electron chi connectivity index (χ1n) is 11.5. The Morgan fingerprint density at radius 3 is 2.06 bits per heavy atom. The topological polar surface area (TPSA) is 53.1 Å². The van der Waals surface area contributed by atoms with Crippen LogP contribution in [0.15, 0.2) is 84.4 Å². The summed E-state index contributed by atoms with van der Waals surface area (Å²) in [5.41, 5.74) is 2.91. The molecule has 178 valence electrons. The van der Waals surface area contributed by atoms with Crippen LogP contribution >= 0.6 is 12.2 Å². The van der Waals surface area contributed by atoms with Crippen LogP contribution in [0.5, 0.6) is 5.75 Å². The second-order valence-electron chi connectivity index (χ2n) is 7.89. The summed E-state index contributed by atoms with van der Waals surface area (Å²) in [6.45, 7) is 6.00. The van der Waals surface area contributed by atoms with Gasteiger partial charge >= 0.3 is 0 Å². The van der Waals surface area contributed by atoms with Crippen LogP contribution in [0.4, 0.5) is 17.1 Å². The first-order chi connectivity index (χ1) is 17.0. The van der Waals surface area contributed by atoms with Crippen molar-refractivity contribution in [3.8, 4) is 5.75 Å². The number of anilines is 3. The minimum absolute atomic E-state index is 0.0175. The second-order valence-corrected chi connectivity index (χ2v) is 8.26. The number of para-hydroxylation sites is 3. The molecule has 0 spiro atoms. The third-order valence-corrected chi connectivity index (χ3v) is 6.29. The Morgan fingerprint density at radius 2 is 1.43 bits per heavy atom. The van der Waals surface area contributed by atoms with E-state index in [4.69, 9.17) is 17.0 Å². The number of nitrogens with zero attached hydrogens (tertiary/aromatic N) is 3. The number of amides is 2. The van der Waals surface area contributed by atoms with Crippen LogP contribution in [0.2, 0.25) is 0 Å². The summed E-state index contributed by atoms with van der Waals surface area (Å²) < 4.78 is 5.49. The maximum Gasteiger partial charge on any atom is 0.270 e. The van der Waals surface area contributed by atoms with E-state index >= 15 is 0 Å². The Bertz CT molecular complexity index is 1270. The summed E-state index contributed by atoms with van der Waals surface area (Å²) in [5.74, 6) is -0.483. The predicted octanol–water partition coefficient (Wildman–Crippen LogP) is 5.29. The predicted molar refractivity (Wildman–Crippen MR) is 145 cm³/mol. The molecule has 0 radical (unpaired) electrons. The molecule has 1 saturated heterocycles. The summed E-state index contributed by atoms with van der Waals surface area (Å²) in [5, 5.41) is 0.0738. The van der Waals surface area contributed by atoms with E-state index in [2.05, 4.69) is 18.7 Å². The van der Waals surface area contributed by atoms with Gasteiger partial charge in [0.2, 0.25) is 0 Å². The fourth-order valence-corrected chi connectivity index (χ4v) is 4.47. The molecule has 0 N–H and O–H groups in total. The smallest absolute Gasteiger partial charge is 0.270 e. The SMILES string of the molecule is CCN(CC)c1ccc(/C=C2\C(=O)N(c3ccccc3)C(=S)N(c3ccccc3OC)C2=O)cc1. The summed E-state index contributed by atoms with van der Waals surface area (Å²) >= 11 is 5.69. The van der Waals surface area contributed by atoms with Gasteiger partial charge in [-0.25, -0.2) is 4.90 Å². The molecule has 35 heavy (non-hydrogen) atoms. The van der Waals surface area contributed by atoms with Gasteiger partial charge in [-0.1, -0.05) is 42.5 Å². The van der Waals surface area contributed by atoms with Crippen molar-refractivity contribution in [2.75, 3.05) is 34.9 Å². The highest BCUT2D eigenvalue weighted by Gasteiger charge is 2.42. The molecule has 0 aromatic heterocycles. The molecule has 0 saturated carbocycles. The van der Waals surface area contributed by atoms with Gasteiger partial charge in [-0.2, -0.15) is 0 Å². The van der Waals surface area contributed by atoms with E-state index in [1.807, 2.05) is 48.5 Å². The summed E-state index contributed by atoms with van der Waals surface area (Å²) in [6.07, 6.45) is 1.62. The van der Waals surface area contributed by atoms with Crippen LogP contribution in [-0.4, -0.2) is 37.1 Å². The molecular formula is C28H27N3O3S. The number of carbonyl (C=O) groups excluding carboxylic acids is 2. The zero-order valence-electron chi connectivity index (χ0n) is 20.0. The highest BCUT2D eigenvalue weighted by molar-refractivity contribution is 7.81. The zero-order valence-corrected chi connectivity index (χ0v) is 20.8. The number of carbonyl (C=O) groups is 2. The number of ether oxygens (including phenoxy) is 1. The first kappa shape index (κ1) is 24.2. The lowest BCUT2D eigenvalue weighted by molar-refractivity contribution is -0.120. The minimum Gasteiger partial charge on any atom is -0.495 e. The lowest BCUT2D eigenvalue weighted by Crippen LogP contribution is -2.57. The number of hydrogen-bond acceptors (Lipinski definition) is 5. The maximum absolute atomic E-state index is 13.7. The van der Waals surface area contributed by atoms with Gasteiger partial charge < -0.3 is 9.64 Å². The number of hydrogen-bond donors (Lipinski definition) is 0. The standard InChI is InChI=1S/C28H27N3O3S/c1-4-29(5-2)21-17-15-20(16-18-21)19-23-26(32)30(22-11-7-6-8-12-22)28(35)31(27(23)33)24-13-9-10-14-25(24)34-3/h6-19H,4-5H2,1-3H3/b23-19+. The minimum atomic E-state index is -0.496. The van der Waals surface area contributed by atoms with Crippen LogP contribution in [0.1, 0.15) is 19.4 Å². The van der Waals surface area contributed by atoms with E-state index in [1.54, 1.807) is 36.4 Å². The molecule has 0 bridgehead atoms. The molecule has 3 aromatic carbocycles. The van der Waals surface area contributed by atoms with E-state index in [-0.39, 0.29) is 10.7 Å². The van der Waals surface area contributed by atoms with Crippen molar-refractivity contribution < 1.29 is 14.3 Å². The van der Waals surface area contributed by atoms with Crippen LogP contribution in [0.25, 0.3) is 6.08 Å². The quantitative estimate of drug-likeness (QED) is 0.259. The van der Waals surface area contributed by atoms with E-state index in [1.165, 1.54) is 16.9 Å². The summed E-state index contributed by atoms with van der Waals surface area (Å²) in [7, 11) is 1.53. The average Bonchev–Trinajstić information content (AvgIpc) is 2.89. The van der Waals surface area contributed by atoms with Gasteiger partial charge in [-0.15, -0.1) is 0 Å².